The summed E-state index contributed by atoms with van der Waals surface area (Å²) in [5.74, 6) is -8.51. The molecule has 1 fully saturated rings. The number of amides is 8. The first-order chi connectivity index (χ1) is 35.3. The van der Waals surface area contributed by atoms with E-state index in [0.717, 1.165) is 0 Å². The number of nitrogens with zero attached hydrogens (tertiary/aromatic N) is 2. The summed E-state index contributed by atoms with van der Waals surface area (Å²) in [6.45, 7) is -0.853. The molecule has 1 saturated heterocycles. The molecule has 2 rings (SSSR count). The summed E-state index contributed by atoms with van der Waals surface area (Å²) in [6, 6.07) is -9.22. The number of carbonyl (C=O) groups excluding carboxylic acids is 8. The molecule has 30 nitrogen and oxygen atoms in total. The highest BCUT2D eigenvalue weighted by atomic mass is 16.4. The first-order valence-corrected chi connectivity index (χ1v) is 24.6. The van der Waals surface area contributed by atoms with Gasteiger partial charge in [-0.05, 0) is 90.3 Å². The van der Waals surface area contributed by atoms with Crippen molar-refractivity contribution < 1.29 is 58.5 Å². The van der Waals surface area contributed by atoms with Gasteiger partial charge in [0.05, 0.1) is 30.7 Å². The van der Waals surface area contributed by atoms with Crippen molar-refractivity contribution in [1.82, 2.24) is 57.4 Å². The summed E-state index contributed by atoms with van der Waals surface area (Å²) in [5.41, 5.74) is 33.6. The molecule has 1 aromatic heterocycles. The van der Waals surface area contributed by atoms with E-state index >= 15 is 0 Å². The van der Waals surface area contributed by atoms with Gasteiger partial charge in [-0.1, -0.05) is 12.5 Å². The Kier molecular flexibility index (Phi) is 29.6. The van der Waals surface area contributed by atoms with E-state index in [1.807, 2.05) is 0 Å². The first kappa shape index (κ1) is 63.3. The molecule has 25 N–H and O–H groups in total. The Morgan fingerprint density at radius 1 is 0.784 bits per heavy atom. The second-order valence-electron chi connectivity index (χ2n) is 17.4. The number of H-pyrrole nitrogens is 1. The number of carbonyl (C=O) groups is 9. The summed E-state index contributed by atoms with van der Waals surface area (Å²) in [7, 11) is 0. The summed E-state index contributed by atoms with van der Waals surface area (Å²) < 4.78 is 0. The molecule has 2 heterocycles. The van der Waals surface area contributed by atoms with Gasteiger partial charge in [0.25, 0.3) is 0 Å². The van der Waals surface area contributed by atoms with E-state index < -0.39 is 127 Å². The number of aliphatic carboxylic acids is 1. The van der Waals surface area contributed by atoms with Crippen molar-refractivity contribution in [3.8, 4) is 0 Å². The number of rotatable bonds is 36. The number of likely N-dealkylation sites (tertiary alicyclic amines) is 1. The number of aromatic nitrogens is 2. The van der Waals surface area contributed by atoms with Crippen LogP contribution in [0.4, 0.5) is 0 Å². The SMILES string of the molecule is N=C(N)NCC/C=C(\NC(=O)[C@H](CCCCN)NC(=O)[C@H](Cc1c[nH]cn1)NC(=O)[C@@H]1CCCN1C(=O)[C@@H](CCCN)NC(=O)CNC(=O)[C@H](CCO)NC(=O)[C@@H](NC(=O)[C@@H](N)CCCCN)[C@@H](O)CN)C(=O)O. The third-order valence-corrected chi connectivity index (χ3v) is 11.6. The van der Waals surface area contributed by atoms with E-state index in [1.165, 1.54) is 23.5 Å². The fourth-order valence-electron chi connectivity index (χ4n) is 7.61. The number of imidazole rings is 1. The van der Waals surface area contributed by atoms with E-state index in [1.54, 1.807) is 0 Å². The third kappa shape index (κ3) is 22.5. The number of nitrogens with two attached hydrogens (primary N) is 6. The molecule has 1 aromatic rings. The van der Waals surface area contributed by atoms with Gasteiger partial charge in [-0.15, -0.1) is 0 Å². The highest BCUT2D eigenvalue weighted by molar-refractivity contribution is 5.99. The number of guanidine groups is 1. The Labute approximate surface area is 428 Å². The number of hydrogen-bond donors (Lipinski definition) is 19. The maximum Gasteiger partial charge on any atom is 0.352 e. The molecule has 0 spiro atoms. The molecule has 0 aromatic carbocycles. The molecule has 74 heavy (non-hydrogen) atoms. The number of carboxylic acid groups (broad SMARTS) is 1. The average Bonchev–Trinajstić information content (AvgIpc) is 4.09. The van der Waals surface area contributed by atoms with Crippen LogP contribution in [0.2, 0.25) is 0 Å². The minimum atomic E-state index is -1.64. The summed E-state index contributed by atoms with van der Waals surface area (Å²) in [6.07, 6.45) is 4.98. The second kappa shape index (κ2) is 34.6. The normalized spacial score (nSPS) is 16.2. The number of unbranched alkanes of at least 4 members (excludes halogenated alkanes) is 2. The molecule has 0 saturated carbocycles. The van der Waals surface area contributed by atoms with Crippen LogP contribution in [0.5, 0.6) is 0 Å². The van der Waals surface area contributed by atoms with E-state index in [0.29, 0.717) is 44.3 Å². The lowest BCUT2D eigenvalue weighted by Gasteiger charge is -2.30. The molecule has 416 valence electrons. The number of hydrogen-bond acceptors (Lipinski definition) is 18. The summed E-state index contributed by atoms with van der Waals surface area (Å²) >= 11 is 0. The van der Waals surface area contributed by atoms with E-state index in [2.05, 4.69) is 52.5 Å². The molecule has 1 aliphatic heterocycles. The van der Waals surface area contributed by atoms with Crippen LogP contribution in [0.1, 0.15) is 82.7 Å². The molecular formula is C44H78N18O12. The van der Waals surface area contributed by atoms with Gasteiger partial charge in [0, 0.05) is 38.9 Å². The highest BCUT2D eigenvalue weighted by Gasteiger charge is 2.40. The minimum Gasteiger partial charge on any atom is -0.477 e. The lowest BCUT2D eigenvalue weighted by Crippen LogP contribution is -2.61. The van der Waals surface area contributed by atoms with Crippen LogP contribution in [0.25, 0.3) is 0 Å². The fourth-order valence-corrected chi connectivity index (χ4v) is 7.61. The maximum atomic E-state index is 14.2. The van der Waals surface area contributed by atoms with Gasteiger partial charge >= 0.3 is 5.97 Å². The number of aliphatic hydroxyl groups excluding tert-OH is 2. The van der Waals surface area contributed by atoms with Crippen molar-refractivity contribution >= 4 is 59.2 Å². The minimum absolute atomic E-state index is 0.0161. The smallest absolute Gasteiger partial charge is 0.352 e. The Bertz CT molecular complexity index is 2030. The van der Waals surface area contributed by atoms with Crippen molar-refractivity contribution in [2.75, 3.05) is 52.4 Å². The van der Waals surface area contributed by atoms with Gasteiger partial charge in [0.2, 0.25) is 47.3 Å². The molecular weight excluding hydrogens is 973 g/mol. The lowest BCUT2D eigenvalue weighted by molar-refractivity contribution is -0.142. The standard InChI is InChI=1S/C44H78N18O12/c45-14-3-1-8-26(49)36(66)61-35(33(64)21-48)41(71)58-28(13-19-63)37(67)54-23-34(65)56-29(10-5-16-47)42(72)62-18-7-12-32(62)40(70)60-31(20-25-22-52-24-55-25)39(69)57-27(9-2-4-15-46)38(68)59-30(43(73)74)11-6-17-53-44(50)51/h11,22,24,26-29,31-33,35,63-64H,1-10,12-21,23,45-49H2,(H,52,55)(H,54,67)(H,56,65)(H,57,69)(H,58,71)(H,59,68)(H,60,70)(H,61,66)(H,73,74)(H4,50,51,53)/b30-11-/t26-,27-,28-,29+,31-,32-,33-,35-/m0/s1. The predicted molar refractivity (Wildman–Crippen MR) is 267 cm³/mol. The monoisotopic (exact) mass is 1050 g/mol. The molecule has 0 radical (unpaired) electrons. The Morgan fingerprint density at radius 2 is 1.43 bits per heavy atom. The topological polar surface area (TPSA) is 522 Å². The molecule has 30 heteroatoms. The van der Waals surface area contributed by atoms with Gasteiger partial charge in [0.1, 0.15) is 41.9 Å². The number of aliphatic hydroxyl groups is 2. The lowest BCUT2D eigenvalue weighted by atomic mass is 10.1. The van der Waals surface area contributed by atoms with Crippen molar-refractivity contribution in [2.45, 2.75) is 132 Å². The van der Waals surface area contributed by atoms with Gasteiger partial charge in [-0.25, -0.2) is 9.78 Å². The zero-order valence-electron chi connectivity index (χ0n) is 41.6. The first-order valence-electron chi connectivity index (χ1n) is 24.6. The Morgan fingerprint density at radius 3 is 2.04 bits per heavy atom. The quantitative estimate of drug-likeness (QED) is 0.0128. The van der Waals surface area contributed by atoms with Gasteiger partial charge in [0.15, 0.2) is 5.96 Å². The van der Waals surface area contributed by atoms with Crippen LogP contribution in [0.15, 0.2) is 24.3 Å². The van der Waals surface area contributed by atoms with E-state index in [-0.39, 0.29) is 83.5 Å². The van der Waals surface area contributed by atoms with Crippen molar-refractivity contribution in [3.63, 3.8) is 0 Å². The van der Waals surface area contributed by atoms with Crippen LogP contribution < -0.4 is 76.9 Å². The molecule has 8 amide bonds. The van der Waals surface area contributed by atoms with Crippen LogP contribution in [-0.2, 0) is 49.6 Å². The molecule has 8 atom stereocenters. The Hall–Kier alpha value is -6.83. The number of carboxylic acids is 1. The summed E-state index contributed by atoms with van der Waals surface area (Å²) in [5, 5.41) is 56.9. The fraction of sp³-hybridized carbons (Fsp3) is 0.659. The number of aromatic amines is 1. The predicted octanol–water partition coefficient (Wildman–Crippen LogP) is -7.53. The largest absolute Gasteiger partial charge is 0.477 e. The molecule has 0 aliphatic carbocycles. The molecule has 1 aliphatic rings. The van der Waals surface area contributed by atoms with Gasteiger partial charge in [-0.3, -0.25) is 43.8 Å². The van der Waals surface area contributed by atoms with E-state index in [9.17, 15) is 58.5 Å². The zero-order valence-corrected chi connectivity index (χ0v) is 41.6. The van der Waals surface area contributed by atoms with Crippen LogP contribution in [0, 0.1) is 5.41 Å². The number of nitrogens with one attached hydrogen (secondary N) is 10. The second-order valence-corrected chi connectivity index (χ2v) is 17.4. The highest BCUT2D eigenvalue weighted by Crippen LogP contribution is 2.20. The van der Waals surface area contributed by atoms with Crippen LogP contribution in [0.3, 0.4) is 0 Å². The summed E-state index contributed by atoms with van der Waals surface area (Å²) in [4.78, 5) is 129. The molecule has 0 unspecified atom stereocenters. The van der Waals surface area contributed by atoms with Gasteiger partial charge in [-0.2, -0.15) is 0 Å². The average molecular weight is 1050 g/mol. The van der Waals surface area contributed by atoms with Gasteiger partial charge < -0.3 is 102 Å². The van der Waals surface area contributed by atoms with Crippen molar-refractivity contribution in [3.05, 3.63) is 30.0 Å². The van der Waals surface area contributed by atoms with E-state index in [4.69, 9.17) is 39.8 Å². The maximum absolute atomic E-state index is 14.2. The third-order valence-electron chi connectivity index (χ3n) is 11.6. The molecule has 0 bridgehead atoms. The van der Waals surface area contributed by atoms with Crippen LogP contribution >= 0.6 is 0 Å². The zero-order chi connectivity index (χ0) is 55.2. The van der Waals surface area contributed by atoms with Crippen molar-refractivity contribution in [2.24, 2.45) is 34.4 Å². The Balaban J connectivity index is 2.24. The van der Waals surface area contributed by atoms with Crippen LogP contribution in [-0.4, -0.2) is 190 Å². The van der Waals surface area contributed by atoms with Crippen molar-refractivity contribution in [1.29, 1.82) is 5.41 Å².